The standard InChI is InChI=1S/C19H24N6O/c1-14-11-15(2)24(23-14)10-4-5-19(26)22-16(3)17-6-8-18(9-7-17)25-13-20-12-21-25/h6-9,11-13,16H,4-5,10H2,1-3H3,(H,22,26). The number of aryl methyl sites for hydroxylation is 3. The van der Waals surface area contributed by atoms with Crippen molar-refractivity contribution in [1.29, 1.82) is 0 Å². The van der Waals surface area contributed by atoms with Gasteiger partial charge in [-0.3, -0.25) is 9.48 Å². The van der Waals surface area contributed by atoms with E-state index in [1.165, 1.54) is 6.33 Å². The fourth-order valence-corrected chi connectivity index (χ4v) is 2.94. The molecule has 2 aromatic heterocycles. The minimum atomic E-state index is -0.0408. The first-order chi connectivity index (χ1) is 12.5. The number of rotatable bonds is 7. The van der Waals surface area contributed by atoms with Crippen LogP contribution in [0.25, 0.3) is 5.69 Å². The highest BCUT2D eigenvalue weighted by molar-refractivity contribution is 5.76. The predicted molar refractivity (Wildman–Crippen MR) is 98.9 cm³/mol. The number of carbonyl (C=O) groups excluding carboxylic acids is 1. The number of nitrogens with one attached hydrogen (secondary N) is 1. The van der Waals surface area contributed by atoms with Crippen molar-refractivity contribution in [2.24, 2.45) is 0 Å². The summed E-state index contributed by atoms with van der Waals surface area (Å²) < 4.78 is 3.65. The molecule has 1 N–H and O–H groups in total. The van der Waals surface area contributed by atoms with Gasteiger partial charge in [-0.1, -0.05) is 12.1 Å². The molecule has 0 fully saturated rings. The second-order valence-electron chi connectivity index (χ2n) is 6.47. The summed E-state index contributed by atoms with van der Waals surface area (Å²) >= 11 is 0. The number of nitrogens with zero attached hydrogens (tertiary/aromatic N) is 5. The van der Waals surface area contributed by atoms with Gasteiger partial charge in [0.1, 0.15) is 12.7 Å². The molecule has 1 atom stereocenters. The van der Waals surface area contributed by atoms with Crippen LogP contribution >= 0.6 is 0 Å². The Balaban J connectivity index is 1.48. The summed E-state index contributed by atoms with van der Waals surface area (Å²) in [6, 6.07) is 9.94. The first-order valence-electron chi connectivity index (χ1n) is 8.78. The van der Waals surface area contributed by atoms with Crippen molar-refractivity contribution < 1.29 is 4.79 Å². The molecular weight excluding hydrogens is 328 g/mol. The molecule has 1 amide bonds. The molecule has 0 saturated carbocycles. The fraction of sp³-hybridized carbons (Fsp3) is 0.368. The summed E-state index contributed by atoms with van der Waals surface area (Å²) in [4.78, 5) is 16.1. The Morgan fingerprint density at radius 2 is 2.00 bits per heavy atom. The highest BCUT2D eigenvalue weighted by Gasteiger charge is 2.10. The molecule has 3 aromatic rings. The summed E-state index contributed by atoms with van der Waals surface area (Å²) in [7, 11) is 0. The number of aromatic nitrogens is 5. The van der Waals surface area contributed by atoms with Crippen molar-refractivity contribution >= 4 is 5.91 Å². The molecule has 7 nitrogen and oxygen atoms in total. The third kappa shape index (κ3) is 4.36. The second kappa shape index (κ2) is 7.95. The van der Waals surface area contributed by atoms with Crippen molar-refractivity contribution in [3.8, 4) is 5.69 Å². The van der Waals surface area contributed by atoms with Crippen LogP contribution in [-0.4, -0.2) is 30.5 Å². The van der Waals surface area contributed by atoms with Gasteiger partial charge in [-0.25, -0.2) is 9.67 Å². The number of carbonyl (C=O) groups is 1. The first-order valence-corrected chi connectivity index (χ1v) is 8.78. The minimum absolute atomic E-state index is 0.0408. The molecule has 7 heteroatoms. The Morgan fingerprint density at radius 1 is 1.23 bits per heavy atom. The van der Waals surface area contributed by atoms with Crippen molar-refractivity contribution in [3.05, 3.63) is 59.9 Å². The second-order valence-corrected chi connectivity index (χ2v) is 6.47. The van der Waals surface area contributed by atoms with E-state index in [0.717, 1.165) is 35.6 Å². The fourth-order valence-electron chi connectivity index (χ4n) is 2.94. The van der Waals surface area contributed by atoms with E-state index in [0.29, 0.717) is 6.42 Å². The molecule has 26 heavy (non-hydrogen) atoms. The summed E-state index contributed by atoms with van der Waals surface area (Å²) in [5.41, 5.74) is 4.13. The quantitative estimate of drug-likeness (QED) is 0.709. The van der Waals surface area contributed by atoms with E-state index >= 15 is 0 Å². The number of amides is 1. The smallest absolute Gasteiger partial charge is 0.220 e. The molecule has 0 aliphatic rings. The zero-order valence-corrected chi connectivity index (χ0v) is 15.4. The van der Waals surface area contributed by atoms with E-state index in [4.69, 9.17) is 0 Å². The highest BCUT2D eigenvalue weighted by atomic mass is 16.1. The monoisotopic (exact) mass is 352 g/mol. The molecule has 136 valence electrons. The minimum Gasteiger partial charge on any atom is -0.350 e. The number of benzene rings is 1. The summed E-state index contributed by atoms with van der Waals surface area (Å²) in [5, 5.41) is 11.6. The van der Waals surface area contributed by atoms with Crippen molar-refractivity contribution in [1.82, 2.24) is 29.9 Å². The van der Waals surface area contributed by atoms with Crippen LogP contribution in [0.3, 0.4) is 0 Å². The van der Waals surface area contributed by atoms with Crippen LogP contribution in [0.1, 0.15) is 42.8 Å². The average molecular weight is 352 g/mol. The first kappa shape index (κ1) is 17.8. The number of hydrogen-bond acceptors (Lipinski definition) is 4. The highest BCUT2D eigenvalue weighted by Crippen LogP contribution is 2.15. The Hall–Kier alpha value is -2.96. The van der Waals surface area contributed by atoms with Crippen LogP contribution in [0.15, 0.2) is 43.0 Å². The number of hydrogen-bond donors (Lipinski definition) is 1. The van der Waals surface area contributed by atoms with E-state index in [2.05, 4.69) is 20.5 Å². The van der Waals surface area contributed by atoms with Gasteiger partial charge in [-0.2, -0.15) is 10.2 Å². The summed E-state index contributed by atoms with van der Waals surface area (Å²) in [6.07, 6.45) is 4.41. The van der Waals surface area contributed by atoms with Gasteiger partial charge < -0.3 is 5.32 Å². The third-order valence-corrected chi connectivity index (χ3v) is 4.33. The normalized spacial score (nSPS) is 12.1. The topological polar surface area (TPSA) is 77.6 Å². The lowest BCUT2D eigenvalue weighted by molar-refractivity contribution is -0.121. The van der Waals surface area contributed by atoms with Crippen LogP contribution in [0.5, 0.6) is 0 Å². The SMILES string of the molecule is Cc1cc(C)n(CCCC(=O)NC(C)c2ccc(-n3cncn3)cc2)n1. The molecule has 0 aliphatic carbocycles. The lowest BCUT2D eigenvalue weighted by Gasteiger charge is -2.15. The molecule has 0 aliphatic heterocycles. The van der Waals surface area contributed by atoms with Gasteiger partial charge >= 0.3 is 0 Å². The third-order valence-electron chi connectivity index (χ3n) is 4.33. The van der Waals surface area contributed by atoms with E-state index in [-0.39, 0.29) is 11.9 Å². The lowest BCUT2D eigenvalue weighted by Crippen LogP contribution is -2.26. The molecule has 0 bridgehead atoms. The van der Waals surface area contributed by atoms with Crippen LogP contribution in [0, 0.1) is 13.8 Å². The average Bonchev–Trinajstić information content (AvgIpc) is 3.25. The molecule has 0 saturated heterocycles. The van der Waals surface area contributed by atoms with Crippen molar-refractivity contribution in [2.75, 3.05) is 0 Å². The van der Waals surface area contributed by atoms with Gasteiger partial charge in [0.05, 0.1) is 17.4 Å². The van der Waals surface area contributed by atoms with Crippen LogP contribution in [0.2, 0.25) is 0 Å². The zero-order valence-electron chi connectivity index (χ0n) is 15.4. The Kier molecular flexibility index (Phi) is 5.46. The maximum atomic E-state index is 12.2. The van der Waals surface area contributed by atoms with Gasteiger partial charge in [-0.15, -0.1) is 0 Å². The van der Waals surface area contributed by atoms with Crippen LogP contribution in [0.4, 0.5) is 0 Å². The lowest BCUT2D eigenvalue weighted by atomic mass is 10.1. The van der Waals surface area contributed by atoms with E-state index in [1.807, 2.05) is 55.8 Å². The molecule has 1 aromatic carbocycles. The van der Waals surface area contributed by atoms with Crippen molar-refractivity contribution in [3.63, 3.8) is 0 Å². The largest absolute Gasteiger partial charge is 0.350 e. The van der Waals surface area contributed by atoms with Gasteiger partial charge in [0, 0.05) is 18.7 Å². The molecule has 0 radical (unpaired) electrons. The van der Waals surface area contributed by atoms with Crippen LogP contribution < -0.4 is 5.32 Å². The molecule has 0 spiro atoms. The Morgan fingerprint density at radius 3 is 2.62 bits per heavy atom. The van der Waals surface area contributed by atoms with E-state index < -0.39 is 0 Å². The Labute approximate surface area is 153 Å². The maximum absolute atomic E-state index is 12.2. The summed E-state index contributed by atoms with van der Waals surface area (Å²) in [6.45, 7) is 6.76. The van der Waals surface area contributed by atoms with E-state index in [1.54, 1.807) is 11.0 Å². The Bertz CT molecular complexity index is 851. The van der Waals surface area contributed by atoms with Gasteiger partial charge in [0.25, 0.3) is 0 Å². The molecular formula is C19H24N6O. The van der Waals surface area contributed by atoms with Gasteiger partial charge in [0.15, 0.2) is 0 Å². The summed E-state index contributed by atoms with van der Waals surface area (Å²) in [5.74, 6) is 0.0550. The molecule has 3 rings (SSSR count). The van der Waals surface area contributed by atoms with Gasteiger partial charge in [-0.05, 0) is 51.0 Å². The van der Waals surface area contributed by atoms with Crippen molar-refractivity contribution in [2.45, 2.75) is 46.2 Å². The molecule has 2 heterocycles. The predicted octanol–water partition coefficient (Wildman–Crippen LogP) is 2.74. The molecule has 1 unspecified atom stereocenters. The van der Waals surface area contributed by atoms with Gasteiger partial charge in [0.2, 0.25) is 5.91 Å². The van der Waals surface area contributed by atoms with Crippen LogP contribution in [-0.2, 0) is 11.3 Å². The zero-order chi connectivity index (χ0) is 18.5. The van der Waals surface area contributed by atoms with E-state index in [9.17, 15) is 4.79 Å². The maximum Gasteiger partial charge on any atom is 0.220 e.